The molecular formula is C13H23N3S. The highest BCUT2D eigenvalue weighted by molar-refractivity contribution is 7.11. The fraction of sp³-hybridized carbons (Fsp3) is 0.846. The summed E-state index contributed by atoms with van der Waals surface area (Å²) in [4.78, 5) is 0. The molecule has 2 rings (SSSR count). The third-order valence-electron chi connectivity index (χ3n) is 3.36. The van der Waals surface area contributed by atoms with E-state index in [1.165, 1.54) is 37.1 Å². The van der Waals surface area contributed by atoms with Gasteiger partial charge in [0.25, 0.3) is 0 Å². The van der Waals surface area contributed by atoms with Crippen molar-refractivity contribution in [3.8, 4) is 0 Å². The predicted molar refractivity (Wildman–Crippen MR) is 72.2 cm³/mol. The molecule has 0 atom stereocenters. The van der Waals surface area contributed by atoms with Gasteiger partial charge in [-0.25, -0.2) is 0 Å². The van der Waals surface area contributed by atoms with Gasteiger partial charge in [0.15, 0.2) is 0 Å². The van der Waals surface area contributed by atoms with E-state index in [2.05, 4.69) is 29.4 Å². The van der Waals surface area contributed by atoms with E-state index in [1.54, 1.807) is 11.3 Å². The molecule has 1 aliphatic carbocycles. The zero-order valence-electron chi connectivity index (χ0n) is 10.9. The molecule has 1 aromatic heterocycles. The number of rotatable bonds is 5. The van der Waals surface area contributed by atoms with E-state index in [-0.39, 0.29) is 0 Å². The third-order valence-corrected chi connectivity index (χ3v) is 4.30. The normalized spacial score (nSPS) is 17.8. The van der Waals surface area contributed by atoms with Crippen molar-refractivity contribution in [1.82, 2.24) is 15.5 Å². The highest BCUT2D eigenvalue weighted by atomic mass is 32.1. The average molecular weight is 253 g/mol. The van der Waals surface area contributed by atoms with Crippen molar-refractivity contribution in [2.75, 3.05) is 0 Å². The second-order valence-electron chi connectivity index (χ2n) is 5.33. The van der Waals surface area contributed by atoms with Crippen molar-refractivity contribution < 1.29 is 0 Å². The van der Waals surface area contributed by atoms with Gasteiger partial charge in [-0.1, -0.05) is 46.0 Å². The van der Waals surface area contributed by atoms with Crippen molar-refractivity contribution in [1.29, 1.82) is 0 Å². The van der Waals surface area contributed by atoms with Crippen molar-refractivity contribution in [3.63, 3.8) is 0 Å². The van der Waals surface area contributed by atoms with Crippen LogP contribution in [0.15, 0.2) is 0 Å². The second-order valence-corrected chi connectivity index (χ2v) is 6.48. The number of hydrogen-bond donors (Lipinski definition) is 1. The number of nitrogens with zero attached hydrogens (tertiary/aromatic N) is 2. The van der Waals surface area contributed by atoms with Gasteiger partial charge in [0, 0.05) is 19.0 Å². The van der Waals surface area contributed by atoms with Crippen LogP contribution in [0.1, 0.15) is 56.0 Å². The lowest BCUT2D eigenvalue weighted by molar-refractivity contribution is 0.356. The molecule has 0 saturated heterocycles. The molecular weight excluding hydrogens is 230 g/mol. The Kier molecular flexibility index (Phi) is 4.92. The van der Waals surface area contributed by atoms with Crippen LogP contribution in [0, 0.1) is 5.92 Å². The van der Waals surface area contributed by atoms with Gasteiger partial charge in [0.05, 0.1) is 0 Å². The zero-order chi connectivity index (χ0) is 12.1. The van der Waals surface area contributed by atoms with E-state index in [0.29, 0.717) is 6.04 Å². The van der Waals surface area contributed by atoms with Gasteiger partial charge >= 0.3 is 0 Å². The van der Waals surface area contributed by atoms with Crippen LogP contribution >= 0.6 is 11.3 Å². The summed E-state index contributed by atoms with van der Waals surface area (Å²) in [5.41, 5.74) is 0. The van der Waals surface area contributed by atoms with Gasteiger partial charge in [-0.3, -0.25) is 0 Å². The van der Waals surface area contributed by atoms with Crippen molar-refractivity contribution in [2.24, 2.45) is 5.92 Å². The Morgan fingerprint density at radius 3 is 2.59 bits per heavy atom. The van der Waals surface area contributed by atoms with Gasteiger partial charge in [0.2, 0.25) is 0 Å². The molecule has 1 aromatic rings. The van der Waals surface area contributed by atoms with E-state index in [0.717, 1.165) is 23.9 Å². The Morgan fingerprint density at radius 1 is 1.18 bits per heavy atom. The zero-order valence-corrected chi connectivity index (χ0v) is 11.7. The largest absolute Gasteiger partial charge is 0.308 e. The lowest BCUT2D eigenvalue weighted by atomic mass is 9.87. The van der Waals surface area contributed by atoms with Crippen LogP contribution in [0.4, 0.5) is 0 Å². The molecule has 0 spiro atoms. The summed E-state index contributed by atoms with van der Waals surface area (Å²) >= 11 is 1.78. The SMILES string of the molecule is CC(C)NCc1nnc(CC2CCCCC2)s1. The van der Waals surface area contributed by atoms with Crippen LogP contribution in [0.25, 0.3) is 0 Å². The Morgan fingerprint density at radius 2 is 1.88 bits per heavy atom. The van der Waals surface area contributed by atoms with E-state index in [4.69, 9.17) is 0 Å². The first-order valence-corrected chi connectivity index (χ1v) is 7.60. The smallest absolute Gasteiger partial charge is 0.131 e. The minimum Gasteiger partial charge on any atom is -0.308 e. The molecule has 17 heavy (non-hydrogen) atoms. The predicted octanol–water partition coefficient (Wildman–Crippen LogP) is 3.16. The molecule has 1 saturated carbocycles. The first-order chi connectivity index (χ1) is 8.24. The third kappa shape index (κ3) is 4.36. The van der Waals surface area contributed by atoms with E-state index >= 15 is 0 Å². The molecule has 0 amide bonds. The van der Waals surface area contributed by atoms with Crippen molar-refractivity contribution >= 4 is 11.3 Å². The quantitative estimate of drug-likeness (QED) is 0.876. The molecule has 1 aliphatic rings. The lowest BCUT2D eigenvalue weighted by Crippen LogP contribution is -2.21. The summed E-state index contributed by atoms with van der Waals surface area (Å²) in [5.74, 6) is 0.864. The lowest BCUT2D eigenvalue weighted by Gasteiger charge is -2.19. The summed E-state index contributed by atoms with van der Waals surface area (Å²) in [6.07, 6.45) is 8.17. The molecule has 0 aromatic carbocycles. The van der Waals surface area contributed by atoms with Gasteiger partial charge in [-0.2, -0.15) is 0 Å². The monoisotopic (exact) mass is 253 g/mol. The fourth-order valence-electron chi connectivity index (χ4n) is 2.37. The number of aromatic nitrogens is 2. The summed E-state index contributed by atoms with van der Waals surface area (Å²) in [7, 11) is 0. The molecule has 1 N–H and O–H groups in total. The average Bonchev–Trinajstić information content (AvgIpc) is 2.75. The number of nitrogens with one attached hydrogen (secondary N) is 1. The van der Waals surface area contributed by atoms with Crippen LogP contribution in [-0.2, 0) is 13.0 Å². The molecule has 1 heterocycles. The highest BCUT2D eigenvalue weighted by Gasteiger charge is 2.16. The Bertz CT molecular complexity index is 329. The van der Waals surface area contributed by atoms with E-state index in [1.807, 2.05) is 0 Å². The maximum atomic E-state index is 4.32. The first-order valence-electron chi connectivity index (χ1n) is 6.78. The van der Waals surface area contributed by atoms with Gasteiger partial charge in [-0.15, -0.1) is 21.5 Å². The van der Waals surface area contributed by atoms with Gasteiger partial charge in [0.1, 0.15) is 10.0 Å². The van der Waals surface area contributed by atoms with Crippen LogP contribution in [0.5, 0.6) is 0 Å². The summed E-state index contributed by atoms with van der Waals surface area (Å²) < 4.78 is 0. The molecule has 1 fully saturated rings. The summed E-state index contributed by atoms with van der Waals surface area (Å²) in [6, 6.07) is 0.515. The summed E-state index contributed by atoms with van der Waals surface area (Å²) in [5, 5.41) is 14.3. The fourth-order valence-corrected chi connectivity index (χ4v) is 3.28. The molecule has 3 nitrogen and oxygen atoms in total. The molecule has 0 aliphatic heterocycles. The van der Waals surface area contributed by atoms with Gasteiger partial charge < -0.3 is 5.32 Å². The maximum Gasteiger partial charge on any atom is 0.131 e. The van der Waals surface area contributed by atoms with Crippen molar-refractivity contribution in [2.45, 2.75) is 65.0 Å². The van der Waals surface area contributed by atoms with E-state index in [9.17, 15) is 0 Å². The molecule has 0 unspecified atom stereocenters. The van der Waals surface area contributed by atoms with Gasteiger partial charge in [-0.05, 0) is 5.92 Å². The topological polar surface area (TPSA) is 37.8 Å². The minimum atomic E-state index is 0.515. The van der Waals surface area contributed by atoms with Crippen LogP contribution in [0.2, 0.25) is 0 Å². The Labute approximate surface area is 108 Å². The Balaban J connectivity index is 1.80. The first kappa shape index (κ1) is 13.0. The maximum absolute atomic E-state index is 4.32. The standard InChI is InChI=1S/C13H23N3S/c1-10(2)14-9-13-16-15-12(17-13)8-11-6-4-3-5-7-11/h10-11,14H,3-9H2,1-2H3. The molecule has 0 radical (unpaired) electrons. The highest BCUT2D eigenvalue weighted by Crippen LogP contribution is 2.27. The molecule has 96 valence electrons. The van der Waals surface area contributed by atoms with Crippen LogP contribution in [0.3, 0.4) is 0 Å². The molecule has 0 bridgehead atoms. The number of hydrogen-bond acceptors (Lipinski definition) is 4. The van der Waals surface area contributed by atoms with Crippen LogP contribution < -0.4 is 5.32 Å². The van der Waals surface area contributed by atoms with E-state index < -0.39 is 0 Å². The Hall–Kier alpha value is -0.480. The second kappa shape index (κ2) is 6.45. The molecule has 4 heteroatoms. The van der Waals surface area contributed by atoms with Crippen molar-refractivity contribution in [3.05, 3.63) is 10.0 Å². The minimum absolute atomic E-state index is 0.515. The summed E-state index contributed by atoms with van der Waals surface area (Å²) in [6.45, 7) is 5.17. The van der Waals surface area contributed by atoms with Crippen LogP contribution in [-0.4, -0.2) is 16.2 Å².